The highest BCUT2D eigenvalue weighted by Gasteiger charge is 2.26. The number of para-hydroxylation sites is 6. The van der Waals surface area contributed by atoms with E-state index in [0.29, 0.717) is 23.3 Å². The van der Waals surface area contributed by atoms with Gasteiger partial charge in [-0.15, -0.1) is 0 Å². The summed E-state index contributed by atoms with van der Waals surface area (Å²) in [6.07, 6.45) is 0. The van der Waals surface area contributed by atoms with Crippen LogP contribution in [0.4, 0.5) is 0 Å². The number of hydrogen-bond acceptors (Lipinski definition) is 5. The summed E-state index contributed by atoms with van der Waals surface area (Å²) in [5, 5.41) is 14.5. The molecule has 9 heteroatoms. The summed E-state index contributed by atoms with van der Waals surface area (Å²) in [7, 11) is 0. The lowest BCUT2D eigenvalue weighted by molar-refractivity contribution is 1.07. The van der Waals surface area contributed by atoms with Crippen LogP contribution in [0.2, 0.25) is 0 Å². The summed E-state index contributed by atoms with van der Waals surface area (Å²) in [5.74, 6) is 2.61. The molecule has 0 aliphatic heterocycles. The van der Waals surface area contributed by atoms with Crippen LogP contribution in [0.15, 0.2) is 431 Å². The van der Waals surface area contributed by atoms with E-state index in [2.05, 4.69) is 400 Å². The minimum atomic E-state index is 0.631. The van der Waals surface area contributed by atoms with Crippen LogP contribution >= 0.6 is 0 Å². The monoisotopic (exact) mass is 1530 g/mol. The average molecular weight is 1530 g/mol. The van der Waals surface area contributed by atoms with Gasteiger partial charge in [-0.05, 0) is 124 Å². The van der Waals surface area contributed by atoms with Crippen molar-refractivity contribution in [3.63, 3.8) is 0 Å². The van der Waals surface area contributed by atoms with E-state index in [1.807, 2.05) is 48.5 Å². The fraction of sp³-hybridized carbons (Fsp3) is 0. The number of rotatable bonds is 12. The van der Waals surface area contributed by atoms with E-state index in [4.69, 9.17) is 24.9 Å². The van der Waals surface area contributed by atoms with E-state index in [1.165, 1.54) is 92.7 Å². The lowest BCUT2D eigenvalue weighted by Gasteiger charge is -2.14. The van der Waals surface area contributed by atoms with E-state index in [1.54, 1.807) is 0 Å². The van der Waals surface area contributed by atoms with E-state index in [9.17, 15) is 0 Å². The molecule has 0 amide bonds. The second kappa shape index (κ2) is 28.9. The Kier molecular flexibility index (Phi) is 16.7. The maximum absolute atomic E-state index is 5.22. The first kappa shape index (κ1) is 69.3. The maximum atomic E-state index is 5.22. The quantitative estimate of drug-likeness (QED) is 0.122. The standard InChI is InChI=1S/C56H36N4.C55H35N5/c1-4-15-37(16-5-1)38-27-29-40(30-28-38)56-57-48(39-17-6-2-7-18-39)36-49(58-56)42-31-32-44-41(35-42)19-14-26-50(44)60-52-25-13-11-23-47(52)54-53(60)34-33-46-45-22-10-12-24-51(45)59(55(46)54)43-20-8-3-9-21-43;1-4-15-36(16-5-1)37-27-29-39(30-28-37)54-56-53(38-17-6-2-7-18-38)57-55(58-54)41-31-32-43-40(35-41)19-14-26-47(43)60-49-25-13-11-23-46(49)51-50(60)34-33-45-44-22-10-12-24-48(44)59(52(45)51)42-20-8-3-9-21-42/h1-36H;1-35H. The minimum Gasteiger partial charge on any atom is -0.309 e. The Labute approximate surface area is 691 Å². The maximum Gasteiger partial charge on any atom is 0.164 e. The number of fused-ring (bicyclic) bond motifs is 16. The molecule has 0 saturated heterocycles. The Bertz CT molecular complexity index is 7620. The molecule has 0 unspecified atom stereocenters. The second-order valence-electron chi connectivity index (χ2n) is 30.6. The van der Waals surface area contributed by atoms with Gasteiger partial charge in [-0.3, -0.25) is 0 Å². The normalized spacial score (nSPS) is 11.7. The van der Waals surface area contributed by atoms with Crippen molar-refractivity contribution in [2.24, 2.45) is 0 Å². The van der Waals surface area contributed by atoms with Crippen molar-refractivity contribution in [2.45, 2.75) is 0 Å². The van der Waals surface area contributed by atoms with Gasteiger partial charge in [-0.25, -0.2) is 24.9 Å². The summed E-state index contributed by atoms with van der Waals surface area (Å²) in [6.45, 7) is 0. The third-order valence-electron chi connectivity index (χ3n) is 23.7. The lowest BCUT2D eigenvalue weighted by Crippen LogP contribution is -2.00. The van der Waals surface area contributed by atoms with Gasteiger partial charge >= 0.3 is 0 Å². The largest absolute Gasteiger partial charge is 0.309 e. The zero-order valence-electron chi connectivity index (χ0n) is 65.0. The van der Waals surface area contributed by atoms with Crippen LogP contribution in [0.3, 0.4) is 0 Å². The summed E-state index contributed by atoms with van der Waals surface area (Å²) in [6, 6.07) is 153. The van der Waals surface area contributed by atoms with Gasteiger partial charge in [-0.1, -0.05) is 340 Å². The first-order valence-corrected chi connectivity index (χ1v) is 40.7. The van der Waals surface area contributed by atoms with Gasteiger partial charge in [-0.2, -0.15) is 0 Å². The van der Waals surface area contributed by atoms with Crippen molar-refractivity contribution in [1.29, 1.82) is 0 Å². The zero-order chi connectivity index (χ0) is 79.1. The molecule has 6 aromatic heterocycles. The highest BCUT2D eigenvalue weighted by atomic mass is 15.0. The Morgan fingerprint density at radius 2 is 0.458 bits per heavy atom. The number of aromatic nitrogens is 9. The molecular weight excluding hydrogens is 1460 g/mol. The van der Waals surface area contributed by atoms with Gasteiger partial charge in [0.05, 0.1) is 66.9 Å². The van der Waals surface area contributed by atoms with Gasteiger partial charge in [0.15, 0.2) is 23.3 Å². The number of nitrogens with zero attached hydrogens (tertiary/aromatic N) is 9. The highest BCUT2D eigenvalue weighted by molar-refractivity contribution is 6.28. The summed E-state index contributed by atoms with van der Waals surface area (Å²) >= 11 is 0. The number of benzene rings is 18. The summed E-state index contributed by atoms with van der Waals surface area (Å²) in [5.41, 5.74) is 26.4. The summed E-state index contributed by atoms with van der Waals surface area (Å²) < 4.78 is 9.77. The topological polar surface area (TPSA) is 84.2 Å². The van der Waals surface area contributed by atoms with E-state index in [-0.39, 0.29) is 0 Å². The molecule has 18 aromatic carbocycles. The predicted molar refractivity (Wildman–Crippen MR) is 498 cm³/mol. The van der Waals surface area contributed by atoms with Crippen molar-refractivity contribution in [2.75, 3.05) is 0 Å². The Morgan fingerprint density at radius 1 is 0.158 bits per heavy atom. The van der Waals surface area contributed by atoms with Gasteiger partial charge in [0.1, 0.15) is 0 Å². The average Bonchev–Trinajstić information content (AvgIpc) is 1.55. The molecule has 9 nitrogen and oxygen atoms in total. The molecule has 0 aliphatic carbocycles. The molecular formula is C111H71N9. The molecule has 560 valence electrons. The van der Waals surface area contributed by atoms with E-state index < -0.39 is 0 Å². The van der Waals surface area contributed by atoms with E-state index >= 15 is 0 Å². The third kappa shape index (κ3) is 11.8. The molecule has 0 bridgehead atoms. The van der Waals surface area contributed by atoms with E-state index in [0.717, 1.165) is 106 Å². The van der Waals surface area contributed by atoms with Crippen LogP contribution in [0, 0.1) is 0 Å². The molecule has 24 aromatic rings. The smallest absolute Gasteiger partial charge is 0.164 e. The molecule has 0 fully saturated rings. The SMILES string of the molecule is c1ccc(-c2ccc(-c3nc(-c4ccccc4)cc(-c4ccc5c(-n6c7ccccc7c7c6ccc6c8ccccc8n(-c8ccccc8)c67)cccc5c4)n3)cc2)cc1.c1ccc(-c2ccc(-c3nc(-c4ccccc4)nc(-c4ccc5c(-n6c7ccccc7c7c6ccc6c8ccccc8n(-c8ccccc8)c67)cccc5c4)n3)cc2)cc1. The van der Waals surface area contributed by atoms with Crippen molar-refractivity contribution in [1.82, 2.24) is 43.2 Å². The molecule has 0 aliphatic rings. The number of hydrogen-bond donors (Lipinski definition) is 0. The fourth-order valence-electron chi connectivity index (χ4n) is 18.2. The lowest BCUT2D eigenvalue weighted by atomic mass is 10.0. The zero-order valence-corrected chi connectivity index (χ0v) is 65.0. The molecule has 0 spiro atoms. The molecule has 24 rings (SSSR count). The van der Waals surface area contributed by atoms with Crippen LogP contribution < -0.4 is 0 Å². The van der Waals surface area contributed by atoms with Gasteiger partial charge in [0.25, 0.3) is 0 Å². The Hall–Kier alpha value is -16.2. The molecule has 0 atom stereocenters. The van der Waals surface area contributed by atoms with Crippen LogP contribution in [0.25, 0.3) is 222 Å². The van der Waals surface area contributed by atoms with Gasteiger partial charge in [0.2, 0.25) is 0 Å². The first-order chi connectivity index (χ1) is 59.5. The van der Waals surface area contributed by atoms with Gasteiger partial charge < -0.3 is 18.3 Å². The fourth-order valence-corrected chi connectivity index (χ4v) is 18.2. The molecule has 0 N–H and O–H groups in total. The molecule has 0 saturated carbocycles. The highest BCUT2D eigenvalue weighted by Crippen LogP contribution is 2.47. The molecule has 120 heavy (non-hydrogen) atoms. The second-order valence-corrected chi connectivity index (χ2v) is 30.6. The van der Waals surface area contributed by atoms with Gasteiger partial charge in [0, 0.05) is 98.6 Å². The van der Waals surface area contributed by atoms with Crippen molar-refractivity contribution in [3.05, 3.63) is 431 Å². The van der Waals surface area contributed by atoms with Crippen LogP contribution in [-0.4, -0.2) is 43.2 Å². The van der Waals surface area contributed by atoms with Crippen molar-refractivity contribution >= 4 is 109 Å². The molecule has 0 radical (unpaired) electrons. The minimum absolute atomic E-state index is 0.631. The molecule has 6 heterocycles. The van der Waals surface area contributed by atoms with Crippen molar-refractivity contribution in [3.8, 4) is 113 Å². The van der Waals surface area contributed by atoms with Crippen LogP contribution in [0.1, 0.15) is 0 Å². The van der Waals surface area contributed by atoms with Crippen molar-refractivity contribution < 1.29 is 0 Å². The Balaban J connectivity index is 0.000000140. The third-order valence-corrected chi connectivity index (χ3v) is 23.7. The van der Waals surface area contributed by atoms with Crippen LogP contribution in [0.5, 0.6) is 0 Å². The summed E-state index contributed by atoms with van der Waals surface area (Å²) in [4.78, 5) is 25.5. The van der Waals surface area contributed by atoms with Crippen LogP contribution in [-0.2, 0) is 0 Å². The Morgan fingerprint density at radius 3 is 0.900 bits per heavy atom. The predicted octanol–water partition coefficient (Wildman–Crippen LogP) is 28.4. The first-order valence-electron chi connectivity index (χ1n) is 40.7.